The molecular weight excluding hydrogens is 636 g/mol. The molecule has 0 spiro atoms. The lowest BCUT2D eigenvalue weighted by atomic mass is 10.1. The predicted molar refractivity (Wildman–Crippen MR) is 168 cm³/mol. The summed E-state index contributed by atoms with van der Waals surface area (Å²) in [7, 11) is -8.27. The molecule has 10 nitrogen and oxygen atoms in total. The Labute approximate surface area is 259 Å². The van der Waals surface area contributed by atoms with E-state index < -0.39 is 31.7 Å². The van der Waals surface area contributed by atoms with Crippen LogP contribution >= 0.6 is 22.9 Å². The number of ether oxygens (including phenoxy) is 1. The first kappa shape index (κ1) is 31.2. The average Bonchev–Trinajstić information content (AvgIpc) is 3.65. The van der Waals surface area contributed by atoms with E-state index in [1.807, 2.05) is 63.6 Å². The Kier molecular flexibility index (Phi) is 9.30. The number of benzene rings is 2. The van der Waals surface area contributed by atoms with Crippen molar-refractivity contribution in [2.24, 2.45) is 0 Å². The van der Waals surface area contributed by atoms with Crippen LogP contribution in [0.25, 0.3) is 28.3 Å². The summed E-state index contributed by atoms with van der Waals surface area (Å²) in [6.07, 6.45) is 4.57. The normalized spacial score (nSPS) is 14.9. The van der Waals surface area contributed by atoms with Gasteiger partial charge < -0.3 is 14.1 Å². The second kappa shape index (κ2) is 12.8. The second-order valence-electron chi connectivity index (χ2n) is 9.99. The van der Waals surface area contributed by atoms with Crippen LogP contribution in [0.3, 0.4) is 0 Å². The van der Waals surface area contributed by atoms with Crippen LogP contribution in [0, 0.1) is 0 Å². The molecule has 0 fully saturated rings. The van der Waals surface area contributed by atoms with Crippen LogP contribution in [-0.2, 0) is 26.8 Å². The Hall–Kier alpha value is -3.20. The summed E-state index contributed by atoms with van der Waals surface area (Å²) in [6.45, 7) is 2.49. The van der Waals surface area contributed by atoms with Crippen molar-refractivity contribution in [3.05, 3.63) is 81.7 Å². The minimum absolute atomic E-state index is 0.153. The molecule has 5 rings (SSSR count). The Morgan fingerprint density at radius 2 is 1.79 bits per heavy atom. The number of aryl methyl sites for hydroxylation is 1. The van der Waals surface area contributed by atoms with Gasteiger partial charge in [-0.15, -0.1) is 0 Å². The lowest BCUT2D eigenvalue weighted by molar-refractivity contribution is -0.677. The van der Waals surface area contributed by atoms with E-state index in [0.29, 0.717) is 40.2 Å². The lowest BCUT2D eigenvalue weighted by Crippen LogP contribution is -2.36. The molecule has 1 aliphatic rings. The van der Waals surface area contributed by atoms with E-state index in [0.717, 1.165) is 22.2 Å². The molecule has 0 radical (unpaired) electrons. The van der Waals surface area contributed by atoms with Gasteiger partial charge in [-0.05, 0) is 70.6 Å². The molecule has 0 atom stereocenters. The monoisotopic (exact) mass is 665 g/mol. The fraction of sp³-hybridized carbons (Fsp3) is 0.276. The molecule has 228 valence electrons. The molecule has 4 aromatic rings. The third-order valence-corrected chi connectivity index (χ3v) is 9.40. The lowest BCUT2D eigenvalue weighted by Gasteiger charge is -2.18. The molecule has 1 aliphatic heterocycles. The molecule has 0 bridgehead atoms. The van der Waals surface area contributed by atoms with Crippen LogP contribution in [0.5, 0.6) is 5.75 Å². The molecule has 0 aliphatic carbocycles. The van der Waals surface area contributed by atoms with Crippen LogP contribution < -0.4 is 14.2 Å². The Morgan fingerprint density at radius 3 is 2.49 bits per heavy atom. The summed E-state index contributed by atoms with van der Waals surface area (Å²) in [5, 5.41) is 4.53. The maximum Gasteiger partial charge on any atom is 0.374 e. The number of rotatable bonds is 12. The Balaban J connectivity index is 1.53. The van der Waals surface area contributed by atoms with Crippen molar-refractivity contribution < 1.29 is 39.7 Å². The second-order valence-corrected chi connectivity index (χ2v) is 14.3. The van der Waals surface area contributed by atoms with Gasteiger partial charge in [-0.1, -0.05) is 24.6 Å². The first-order valence-corrected chi connectivity index (χ1v) is 18.0. The van der Waals surface area contributed by atoms with Gasteiger partial charge in [0.15, 0.2) is 12.3 Å². The highest BCUT2D eigenvalue weighted by atomic mass is 35.5. The number of thiophene rings is 1. The Bertz CT molecular complexity index is 1910. The van der Waals surface area contributed by atoms with Gasteiger partial charge in [0, 0.05) is 30.1 Å². The zero-order valence-electron chi connectivity index (χ0n) is 23.1. The summed E-state index contributed by atoms with van der Waals surface area (Å²) in [5.74, 6) is 0.701. The number of oxazole rings is 1. The Morgan fingerprint density at radius 1 is 1.02 bits per heavy atom. The van der Waals surface area contributed by atoms with E-state index in [2.05, 4.69) is 0 Å². The minimum atomic E-state index is -4.14. The summed E-state index contributed by atoms with van der Waals surface area (Å²) in [4.78, 5) is 1.81. The van der Waals surface area contributed by atoms with E-state index in [9.17, 15) is 25.9 Å². The molecule has 3 heterocycles. The topological polar surface area (TPSA) is 138 Å². The zero-order valence-corrected chi connectivity index (χ0v) is 26.3. The molecule has 0 unspecified atom stereocenters. The van der Waals surface area contributed by atoms with Crippen LogP contribution in [-0.4, -0.2) is 44.0 Å². The zero-order chi connectivity index (χ0) is 30.8. The summed E-state index contributed by atoms with van der Waals surface area (Å²) in [6, 6.07) is 13.0. The number of nitrogens with zero attached hydrogens (tertiary/aromatic N) is 2. The molecule has 2 aromatic heterocycles. The van der Waals surface area contributed by atoms with Gasteiger partial charge in [-0.2, -0.15) is 32.7 Å². The quantitative estimate of drug-likeness (QED) is 0.134. The van der Waals surface area contributed by atoms with E-state index in [4.69, 9.17) is 20.8 Å². The van der Waals surface area contributed by atoms with Crippen molar-refractivity contribution in [2.75, 3.05) is 23.0 Å². The fourth-order valence-corrected chi connectivity index (χ4v) is 6.65. The summed E-state index contributed by atoms with van der Waals surface area (Å²) < 4.78 is 78.3. The highest BCUT2D eigenvalue weighted by molar-refractivity contribution is 7.86. The van der Waals surface area contributed by atoms with Gasteiger partial charge >= 0.3 is 5.89 Å². The van der Waals surface area contributed by atoms with Crippen LogP contribution in [0.4, 0.5) is 5.69 Å². The van der Waals surface area contributed by atoms with Gasteiger partial charge in [0.1, 0.15) is 0 Å². The molecule has 0 saturated carbocycles. The van der Waals surface area contributed by atoms with Crippen LogP contribution in [0.2, 0.25) is 5.02 Å². The maximum absolute atomic E-state index is 11.4. The largest absolute Gasteiger partial charge is 0.439 e. The number of anilines is 1. The van der Waals surface area contributed by atoms with E-state index >= 15 is 0 Å². The van der Waals surface area contributed by atoms with Crippen molar-refractivity contribution in [1.29, 1.82) is 0 Å². The molecule has 14 heteroatoms. The molecule has 0 saturated heterocycles. The third kappa shape index (κ3) is 7.85. The fourth-order valence-electron chi connectivity index (χ4n) is 4.83. The van der Waals surface area contributed by atoms with Crippen molar-refractivity contribution in [1.82, 2.24) is 0 Å². The smallest absolute Gasteiger partial charge is 0.374 e. The molecule has 43 heavy (non-hydrogen) atoms. The van der Waals surface area contributed by atoms with E-state index in [-0.39, 0.29) is 25.9 Å². The first-order valence-electron chi connectivity index (χ1n) is 13.5. The number of hydrogen-bond acceptors (Lipinski definition) is 8. The molecule has 2 N–H and O–H groups in total. The van der Waals surface area contributed by atoms with Gasteiger partial charge in [-0.25, -0.2) is 0 Å². The summed E-state index contributed by atoms with van der Waals surface area (Å²) in [5.41, 5.74) is 4.93. The SMILES string of the molecule is CCC(/C=C1\Oc2ccc(Cl)cc2N1CCCS(=O)(=O)O)=C\c1oc2ccc(-c3ccsc3)cc2[n+]1CCCS(=O)(=O)O. The molecular formula is C29H30ClN2O8S3+. The highest BCUT2D eigenvalue weighted by Gasteiger charge is 2.28. The summed E-state index contributed by atoms with van der Waals surface area (Å²) >= 11 is 7.82. The standard InChI is InChI=1S/C29H29ClN2O8S3/c1-2-20(16-29-32(11-4-14-43(36,37)38)25-18-23(30)6-8-27(25)40-29)15-28-31(10-3-13-42(33,34)35)24-17-21(5-7-26(24)39-28)22-9-12-41-19-22/h5-9,12,15-19H,2-4,10-11,13-14H2,1H3,(H-,33,34,35,36,37,38)/p+1. The van der Waals surface area contributed by atoms with Gasteiger partial charge in [-0.3, -0.25) is 9.11 Å². The predicted octanol–water partition coefficient (Wildman–Crippen LogP) is 6.19. The number of hydrogen-bond donors (Lipinski definition) is 2. The van der Waals surface area contributed by atoms with Crippen LogP contribution in [0.1, 0.15) is 32.1 Å². The maximum atomic E-state index is 11.4. The van der Waals surface area contributed by atoms with Crippen LogP contribution in [0.15, 0.2) is 75.2 Å². The van der Waals surface area contributed by atoms with Crippen molar-refractivity contribution in [3.8, 4) is 16.9 Å². The first-order chi connectivity index (χ1) is 20.4. The third-order valence-electron chi connectivity index (χ3n) is 6.87. The van der Waals surface area contributed by atoms with Crippen molar-refractivity contribution in [2.45, 2.75) is 32.7 Å². The van der Waals surface area contributed by atoms with Crippen molar-refractivity contribution >= 4 is 66.0 Å². The average molecular weight is 666 g/mol. The van der Waals surface area contributed by atoms with E-state index in [1.54, 1.807) is 29.5 Å². The van der Waals surface area contributed by atoms with E-state index in [1.165, 1.54) is 0 Å². The highest BCUT2D eigenvalue weighted by Crippen LogP contribution is 2.41. The van der Waals surface area contributed by atoms with Gasteiger partial charge in [0.05, 0.1) is 23.3 Å². The van der Waals surface area contributed by atoms with Gasteiger partial charge in [0.25, 0.3) is 25.8 Å². The number of halogens is 1. The van der Waals surface area contributed by atoms with Gasteiger partial charge in [0.2, 0.25) is 11.5 Å². The minimum Gasteiger partial charge on any atom is -0.439 e. The number of aromatic nitrogens is 1. The van der Waals surface area contributed by atoms with Crippen molar-refractivity contribution in [3.63, 3.8) is 0 Å². The number of allylic oxidation sites excluding steroid dienone is 2. The number of fused-ring (bicyclic) bond motifs is 2. The molecule has 2 aromatic carbocycles. The molecule has 0 amide bonds.